The molecule has 104 valence electrons. The fourth-order valence-corrected chi connectivity index (χ4v) is 1.45. The molecule has 1 aromatic heterocycles. The van der Waals surface area contributed by atoms with Crippen LogP contribution in [0.4, 0.5) is 13.2 Å². The van der Waals surface area contributed by atoms with E-state index in [1.54, 1.807) is 0 Å². The van der Waals surface area contributed by atoms with Gasteiger partial charge in [-0.25, -0.2) is 4.79 Å². The van der Waals surface area contributed by atoms with Crippen molar-refractivity contribution < 1.29 is 27.5 Å². The Hall–Kier alpha value is -2.12. The molecule has 0 saturated carbocycles. The summed E-state index contributed by atoms with van der Waals surface area (Å²) in [5.41, 5.74) is -3.05. The van der Waals surface area contributed by atoms with Gasteiger partial charge in [0.15, 0.2) is 0 Å². The van der Waals surface area contributed by atoms with Gasteiger partial charge < -0.3 is 9.53 Å². The molecule has 8 heteroatoms. The summed E-state index contributed by atoms with van der Waals surface area (Å²) in [4.78, 5) is 33.5. The second-order valence-electron chi connectivity index (χ2n) is 3.43. The minimum Gasteiger partial charge on any atom is -0.462 e. The SMILES string of the molecule is CCOC(=O)c1ccc(C(F)(F)F)n(CC=O)c1=O. The third kappa shape index (κ3) is 3.21. The molecule has 0 aromatic carbocycles. The molecule has 0 spiro atoms. The van der Waals surface area contributed by atoms with Gasteiger partial charge in [-0.3, -0.25) is 9.36 Å². The molecule has 0 saturated heterocycles. The van der Waals surface area contributed by atoms with Crippen molar-refractivity contribution in [2.45, 2.75) is 19.6 Å². The molecule has 0 bridgehead atoms. The minimum atomic E-state index is -4.80. The largest absolute Gasteiger partial charge is 0.462 e. The summed E-state index contributed by atoms with van der Waals surface area (Å²) >= 11 is 0. The molecule has 1 aromatic rings. The van der Waals surface area contributed by atoms with Gasteiger partial charge in [-0.1, -0.05) is 0 Å². The summed E-state index contributed by atoms with van der Waals surface area (Å²) in [6, 6.07) is 1.31. The summed E-state index contributed by atoms with van der Waals surface area (Å²) in [7, 11) is 0. The fraction of sp³-hybridized carbons (Fsp3) is 0.364. The molecule has 0 fully saturated rings. The predicted octanol–water partition coefficient (Wildman–Crippen LogP) is 1.24. The molecule has 0 aliphatic rings. The molecule has 5 nitrogen and oxygen atoms in total. The van der Waals surface area contributed by atoms with Gasteiger partial charge in [0.2, 0.25) is 0 Å². The summed E-state index contributed by atoms with van der Waals surface area (Å²) in [5.74, 6) is -1.03. The number of aldehydes is 1. The molecule has 0 amide bonds. The lowest BCUT2D eigenvalue weighted by Gasteiger charge is -2.14. The van der Waals surface area contributed by atoms with Crippen molar-refractivity contribution in [3.05, 3.63) is 33.7 Å². The van der Waals surface area contributed by atoms with Crippen LogP contribution < -0.4 is 5.56 Å². The van der Waals surface area contributed by atoms with Crippen LogP contribution in [0.5, 0.6) is 0 Å². The van der Waals surface area contributed by atoms with Crippen molar-refractivity contribution in [3.8, 4) is 0 Å². The molecule has 19 heavy (non-hydrogen) atoms. The summed E-state index contributed by atoms with van der Waals surface area (Å²) in [6.07, 6.45) is -4.65. The molecule has 0 aliphatic carbocycles. The number of esters is 1. The van der Waals surface area contributed by atoms with Gasteiger partial charge in [0.25, 0.3) is 5.56 Å². The highest BCUT2D eigenvalue weighted by atomic mass is 19.4. The predicted molar refractivity (Wildman–Crippen MR) is 57.7 cm³/mol. The number of nitrogens with zero attached hydrogens (tertiary/aromatic N) is 1. The normalized spacial score (nSPS) is 11.2. The van der Waals surface area contributed by atoms with Crippen LogP contribution >= 0.6 is 0 Å². The van der Waals surface area contributed by atoms with Crippen LogP contribution in [0.3, 0.4) is 0 Å². The monoisotopic (exact) mass is 277 g/mol. The molecule has 0 atom stereocenters. The zero-order valence-corrected chi connectivity index (χ0v) is 9.86. The first-order chi connectivity index (χ1) is 8.82. The smallest absolute Gasteiger partial charge is 0.431 e. The first kappa shape index (κ1) is 14.9. The lowest BCUT2D eigenvalue weighted by Crippen LogP contribution is -2.32. The van der Waals surface area contributed by atoms with Gasteiger partial charge in [-0.15, -0.1) is 0 Å². The van der Waals surface area contributed by atoms with E-state index in [1.165, 1.54) is 6.92 Å². The quantitative estimate of drug-likeness (QED) is 0.613. The van der Waals surface area contributed by atoms with Crippen LogP contribution in [0.25, 0.3) is 0 Å². The van der Waals surface area contributed by atoms with E-state index in [1.807, 2.05) is 0 Å². The number of aromatic nitrogens is 1. The number of pyridine rings is 1. The van der Waals surface area contributed by atoms with E-state index in [2.05, 4.69) is 4.74 Å². The molecular weight excluding hydrogens is 267 g/mol. The Morgan fingerprint density at radius 1 is 1.42 bits per heavy atom. The third-order valence-corrected chi connectivity index (χ3v) is 2.22. The maximum atomic E-state index is 12.6. The van der Waals surface area contributed by atoms with Crippen molar-refractivity contribution in [1.29, 1.82) is 0 Å². The van der Waals surface area contributed by atoms with E-state index in [-0.39, 0.29) is 17.5 Å². The van der Waals surface area contributed by atoms with Crippen molar-refractivity contribution in [2.75, 3.05) is 6.61 Å². The molecule has 1 heterocycles. The second-order valence-corrected chi connectivity index (χ2v) is 3.43. The van der Waals surface area contributed by atoms with Crippen molar-refractivity contribution >= 4 is 12.3 Å². The third-order valence-electron chi connectivity index (χ3n) is 2.22. The highest BCUT2D eigenvalue weighted by Gasteiger charge is 2.35. The van der Waals surface area contributed by atoms with Crippen LogP contribution in [-0.4, -0.2) is 23.4 Å². The highest BCUT2D eigenvalue weighted by Crippen LogP contribution is 2.28. The Morgan fingerprint density at radius 3 is 2.53 bits per heavy atom. The van der Waals surface area contributed by atoms with Crippen LogP contribution in [-0.2, 0) is 22.3 Å². The number of rotatable bonds is 4. The zero-order valence-electron chi connectivity index (χ0n) is 9.86. The number of halogens is 3. The molecule has 1 rings (SSSR count). The number of carbonyl (C=O) groups excluding carboxylic acids is 2. The number of carbonyl (C=O) groups is 2. The van der Waals surface area contributed by atoms with Gasteiger partial charge in [-0.2, -0.15) is 13.2 Å². The highest BCUT2D eigenvalue weighted by molar-refractivity contribution is 5.89. The van der Waals surface area contributed by atoms with Crippen LogP contribution in [0.1, 0.15) is 23.0 Å². The van der Waals surface area contributed by atoms with Gasteiger partial charge in [-0.05, 0) is 19.1 Å². The van der Waals surface area contributed by atoms with Crippen LogP contribution in [0.2, 0.25) is 0 Å². The molecule has 0 radical (unpaired) electrons. The van der Waals surface area contributed by atoms with Crippen LogP contribution in [0, 0.1) is 0 Å². The second kappa shape index (κ2) is 5.68. The number of hydrogen-bond acceptors (Lipinski definition) is 4. The first-order valence-corrected chi connectivity index (χ1v) is 5.24. The Kier molecular flexibility index (Phi) is 4.47. The van der Waals surface area contributed by atoms with Gasteiger partial charge in [0, 0.05) is 0 Å². The Balaban J connectivity index is 3.43. The maximum Gasteiger partial charge on any atom is 0.431 e. The average molecular weight is 277 g/mol. The minimum absolute atomic E-state index is 0.0209. The van der Waals surface area contributed by atoms with Crippen LogP contribution in [0.15, 0.2) is 16.9 Å². The standard InChI is InChI=1S/C11H10F3NO4/c1-2-19-10(18)7-3-4-8(11(12,13)14)15(5-6-16)9(7)17/h3-4,6H,2,5H2,1H3. The Labute approximate surface area is 105 Å². The molecule has 0 unspecified atom stereocenters. The van der Waals surface area contributed by atoms with E-state index < -0.39 is 35.5 Å². The van der Waals surface area contributed by atoms with Gasteiger partial charge in [0.1, 0.15) is 17.5 Å². The van der Waals surface area contributed by atoms with E-state index in [9.17, 15) is 27.6 Å². The topological polar surface area (TPSA) is 65.4 Å². The summed E-state index contributed by atoms with van der Waals surface area (Å²) in [5, 5.41) is 0. The van der Waals surface area contributed by atoms with E-state index in [0.717, 1.165) is 6.07 Å². The number of hydrogen-bond donors (Lipinski definition) is 0. The van der Waals surface area contributed by atoms with E-state index in [4.69, 9.17) is 0 Å². The average Bonchev–Trinajstić information content (AvgIpc) is 2.30. The maximum absolute atomic E-state index is 12.6. The van der Waals surface area contributed by atoms with E-state index in [0.29, 0.717) is 6.07 Å². The Morgan fingerprint density at radius 2 is 2.05 bits per heavy atom. The van der Waals surface area contributed by atoms with Crippen molar-refractivity contribution in [1.82, 2.24) is 4.57 Å². The van der Waals surface area contributed by atoms with Crippen molar-refractivity contribution in [2.24, 2.45) is 0 Å². The van der Waals surface area contributed by atoms with Gasteiger partial charge in [0.05, 0.1) is 13.2 Å². The fourth-order valence-electron chi connectivity index (χ4n) is 1.45. The number of alkyl halides is 3. The molecule has 0 N–H and O–H groups in total. The lowest BCUT2D eigenvalue weighted by atomic mass is 10.2. The zero-order chi connectivity index (χ0) is 14.6. The molecule has 0 aliphatic heterocycles. The lowest BCUT2D eigenvalue weighted by molar-refractivity contribution is -0.144. The number of ether oxygens (including phenoxy) is 1. The summed E-state index contributed by atoms with van der Waals surface area (Å²) < 4.78 is 42.7. The van der Waals surface area contributed by atoms with Crippen molar-refractivity contribution in [3.63, 3.8) is 0 Å². The summed E-state index contributed by atoms with van der Waals surface area (Å²) in [6.45, 7) is 0.680. The molecular formula is C11H10F3NO4. The van der Waals surface area contributed by atoms with Gasteiger partial charge >= 0.3 is 12.1 Å². The Bertz CT molecular complexity index is 548. The first-order valence-electron chi connectivity index (χ1n) is 5.24. The van der Waals surface area contributed by atoms with E-state index >= 15 is 0 Å².